The number of aryl methyl sites for hydroxylation is 1. The average Bonchev–Trinajstić information content (AvgIpc) is 2.68. The molecule has 0 saturated carbocycles. The zero-order valence-electron chi connectivity index (χ0n) is 14.6. The topological polar surface area (TPSA) is 63.7 Å². The van der Waals surface area contributed by atoms with Crippen molar-refractivity contribution < 1.29 is 17.9 Å². The van der Waals surface area contributed by atoms with Gasteiger partial charge >= 0.3 is 0 Å². The number of ether oxygens (including phenoxy) is 1. The van der Waals surface area contributed by atoms with Crippen molar-refractivity contribution in [3.05, 3.63) is 71.3 Å². The van der Waals surface area contributed by atoms with E-state index < -0.39 is 10.0 Å². The summed E-state index contributed by atoms with van der Waals surface area (Å²) < 4.78 is 31.8. The molecule has 0 radical (unpaired) electrons. The van der Waals surface area contributed by atoms with Crippen molar-refractivity contribution in [3.63, 3.8) is 0 Å². The number of allylic oxidation sites excluding steroid dienone is 1. The summed E-state index contributed by atoms with van der Waals surface area (Å²) in [4.78, 5) is 12.5. The molecule has 26 heavy (non-hydrogen) atoms. The number of carbonyl (C=O) groups is 1. The summed E-state index contributed by atoms with van der Waals surface area (Å²) in [6, 6.07) is 13.9. The fourth-order valence-corrected chi connectivity index (χ4v) is 4.17. The van der Waals surface area contributed by atoms with Crippen LogP contribution in [0.4, 0.5) is 0 Å². The van der Waals surface area contributed by atoms with Gasteiger partial charge in [0, 0.05) is 18.7 Å². The lowest BCUT2D eigenvalue weighted by Crippen LogP contribution is -2.40. The van der Waals surface area contributed by atoms with E-state index in [0.717, 1.165) is 11.1 Å². The summed E-state index contributed by atoms with van der Waals surface area (Å²) in [6.45, 7) is 3.48. The molecule has 0 atom stereocenters. The van der Waals surface area contributed by atoms with Crippen molar-refractivity contribution >= 4 is 21.9 Å². The van der Waals surface area contributed by atoms with Gasteiger partial charge in [0.2, 0.25) is 10.0 Å². The van der Waals surface area contributed by atoms with E-state index in [9.17, 15) is 13.2 Å². The predicted molar refractivity (Wildman–Crippen MR) is 101 cm³/mol. The van der Waals surface area contributed by atoms with E-state index >= 15 is 0 Å². The molecule has 0 N–H and O–H groups in total. The minimum Gasteiger partial charge on any atom is -0.379 e. The van der Waals surface area contributed by atoms with Gasteiger partial charge in [0.15, 0.2) is 5.78 Å². The van der Waals surface area contributed by atoms with E-state index in [4.69, 9.17) is 4.74 Å². The molecular formula is C20H21NO4S. The van der Waals surface area contributed by atoms with Gasteiger partial charge in [-0.2, -0.15) is 4.31 Å². The van der Waals surface area contributed by atoms with E-state index in [1.807, 2.05) is 31.2 Å². The van der Waals surface area contributed by atoms with E-state index in [-0.39, 0.29) is 10.7 Å². The first-order valence-corrected chi connectivity index (χ1v) is 9.88. The van der Waals surface area contributed by atoms with Crippen LogP contribution in [0.3, 0.4) is 0 Å². The second-order valence-corrected chi connectivity index (χ2v) is 8.03. The fourth-order valence-electron chi connectivity index (χ4n) is 2.76. The van der Waals surface area contributed by atoms with Gasteiger partial charge in [0.05, 0.1) is 18.1 Å². The first-order valence-electron chi connectivity index (χ1n) is 8.44. The lowest BCUT2D eigenvalue weighted by Gasteiger charge is -2.26. The maximum atomic E-state index is 12.6. The second-order valence-electron chi connectivity index (χ2n) is 6.10. The van der Waals surface area contributed by atoms with Crippen LogP contribution in [0.2, 0.25) is 0 Å². The van der Waals surface area contributed by atoms with Crippen molar-refractivity contribution in [1.82, 2.24) is 4.31 Å². The van der Waals surface area contributed by atoms with Gasteiger partial charge < -0.3 is 4.74 Å². The van der Waals surface area contributed by atoms with E-state index in [0.29, 0.717) is 31.9 Å². The van der Waals surface area contributed by atoms with E-state index in [1.165, 1.54) is 22.5 Å². The lowest BCUT2D eigenvalue weighted by atomic mass is 10.1. The zero-order chi connectivity index (χ0) is 18.6. The van der Waals surface area contributed by atoms with Crippen LogP contribution >= 0.6 is 0 Å². The Morgan fingerprint density at radius 2 is 1.69 bits per heavy atom. The third-order valence-electron chi connectivity index (χ3n) is 4.35. The third kappa shape index (κ3) is 4.09. The third-order valence-corrected chi connectivity index (χ3v) is 6.26. The van der Waals surface area contributed by atoms with E-state index in [1.54, 1.807) is 18.2 Å². The lowest BCUT2D eigenvalue weighted by molar-refractivity contribution is 0.0730. The van der Waals surface area contributed by atoms with E-state index in [2.05, 4.69) is 0 Å². The van der Waals surface area contributed by atoms with Gasteiger partial charge in [-0.25, -0.2) is 8.42 Å². The van der Waals surface area contributed by atoms with Crippen molar-refractivity contribution in [2.75, 3.05) is 26.3 Å². The van der Waals surface area contributed by atoms with Gasteiger partial charge in [-0.15, -0.1) is 0 Å². The van der Waals surface area contributed by atoms with Crippen LogP contribution in [-0.4, -0.2) is 44.8 Å². The SMILES string of the molecule is Cc1ccccc1C=CC(=O)c1ccc(S(=O)(=O)N2CCOCC2)cc1. The molecule has 0 unspecified atom stereocenters. The number of morpholine rings is 1. The Bertz CT molecular complexity index is 911. The summed E-state index contributed by atoms with van der Waals surface area (Å²) in [5, 5.41) is 0. The van der Waals surface area contributed by atoms with Crippen molar-refractivity contribution in [3.8, 4) is 0 Å². The standard InChI is InChI=1S/C20H21NO4S/c1-16-4-2-3-5-17(16)8-11-20(22)18-6-9-19(10-7-18)26(23,24)21-12-14-25-15-13-21/h2-11H,12-15H2,1H3. The van der Waals surface area contributed by atoms with Crippen LogP contribution in [0.5, 0.6) is 0 Å². The number of sulfonamides is 1. The van der Waals surface area contributed by atoms with Crippen molar-refractivity contribution in [2.24, 2.45) is 0 Å². The highest BCUT2D eigenvalue weighted by Crippen LogP contribution is 2.18. The highest BCUT2D eigenvalue weighted by atomic mass is 32.2. The average molecular weight is 371 g/mol. The number of benzene rings is 2. The van der Waals surface area contributed by atoms with Gasteiger partial charge in [-0.3, -0.25) is 4.79 Å². The minimum atomic E-state index is -3.54. The summed E-state index contributed by atoms with van der Waals surface area (Å²) in [7, 11) is -3.54. The number of hydrogen-bond donors (Lipinski definition) is 0. The van der Waals surface area contributed by atoms with Crippen LogP contribution in [0, 0.1) is 6.92 Å². The number of ketones is 1. The van der Waals surface area contributed by atoms with Crippen LogP contribution < -0.4 is 0 Å². The number of rotatable bonds is 5. The zero-order valence-corrected chi connectivity index (χ0v) is 15.4. The Morgan fingerprint density at radius 1 is 1.04 bits per heavy atom. The van der Waals surface area contributed by atoms with Crippen LogP contribution in [-0.2, 0) is 14.8 Å². The van der Waals surface area contributed by atoms with Crippen LogP contribution in [0.25, 0.3) is 6.08 Å². The molecule has 1 aliphatic rings. The molecule has 1 saturated heterocycles. The second kappa shape index (κ2) is 7.95. The molecular weight excluding hydrogens is 350 g/mol. The monoisotopic (exact) mass is 371 g/mol. The Balaban J connectivity index is 1.75. The highest BCUT2D eigenvalue weighted by Gasteiger charge is 2.26. The predicted octanol–water partition coefficient (Wildman–Crippen LogP) is 2.91. The summed E-state index contributed by atoms with van der Waals surface area (Å²) in [6.07, 6.45) is 3.28. The summed E-state index contributed by atoms with van der Waals surface area (Å²) >= 11 is 0. The quantitative estimate of drug-likeness (QED) is 0.599. The maximum Gasteiger partial charge on any atom is 0.243 e. The summed E-state index contributed by atoms with van der Waals surface area (Å²) in [5.41, 5.74) is 2.52. The van der Waals surface area contributed by atoms with Gasteiger partial charge in [-0.05, 0) is 48.4 Å². The first kappa shape index (κ1) is 18.5. The molecule has 1 heterocycles. The Labute approximate surface area is 154 Å². The molecule has 136 valence electrons. The van der Waals surface area contributed by atoms with Crippen LogP contribution in [0.1, 0.15) is 21.5 Å². The molecule has 3 rings (SSSR count). The first-order chi connectivity index (χ1) is 12.5. The molecule has 6 heteroatoms. The molecule has 5 nitrogen and oxygen atoms in total. The van der Waals surface area contributed by atoms with Gasteiger partial charge in [-0.1, -0.05) is 30.3 Å². The molecule has 0 aliphatic carbocycles. The molecule has 0 spiro atoms. The largest absolute Gasteiger partial charge is 0.379 e. The van der Waals surface area contributed by atoms with Crippen molar-refractivity contribution in [2.45, 2.75) is 11.8 Å². The number of nitrogens with zero attached hydrogens (tertiary/aromatic N) is 1. The molecule has 2 aromatic carbocycles. The minimum absolute atomic E-state index is 0.163. The smallest absolute Gasteiger partial charge is 0.243 e. The normalized spacial score (nSPS) is 16.0. The maximum absolute atomic E-state index is 12.6. The van der Waals surface area contributed by atoms with Crippen molar-refractivity contribution in [1.29, 1.82) is 0 Å². The number of hydrogen-bond acceptors (Lipinski definition) is 4. The van der Waals surface area contributed by atoms with Crippen LogP contribution in [0.15, 0.2) is 59.5 Å². The Kier molecular flexibility index (Phi) is 5.66. The summed E-state index contributed by atoms with van der Waals surface area (Å²) in [5.74, 6) is -0.163. The fraction of sp³-hybridized carbons (Fsp3) is 0.250. The highest BCUT2D eigenvalue weighted by molar-refractivity contribution is 7.89. The Morgan fingerprint density at radius 3 is 2.35 bits per heavy atom. The number of carbonyl (C=O) groups excluding carboxylic acids is 1. The molecule has 1 fully saturated rings. The molecule has 0 bridgehead atoms. The molecule has 0 amide bonds. The van der Waals surface area contributed by atoms with Gasteiger partial charge in [0.25, 0.3) is 0 Å². The molecule has 0 aromatic heterocycles. The molecule has 1 aliphatic heterocycles. The Hall–Kier alpha value is -2.28. The van der Waals surface area contributed by atoms with Gasteiger partial charge in [0.1, 0.15) is 0 Å². The molecule has 2 aromatic rings.